The third kappa shape index (κ3) is 3.96. The van der Waals surface area contributed by atoms with E-state index in [0.717, 1.165) is 0 Å². The van der Waals surface area contributed by atoms with Crippen LogP contribution in [0.3, 0.4) is 0 Å². The number of nitrogens with two attached hydrogens (primary N) is 1. The predicted molar refractivity (Wildman–Crippen MR) is 82.8 cm³/mol. The SMILES string of the molecule is CC(C)NS(=O)(=O)c1ccccc1Oc1cccc(N)c1. The molecule has 0 saturated heterocycles. The molecule has 5 nitrogen and oxygen atoms in total. The van der Waals surface area contributed by atoms with Crippen LogP contribution in [0.4, 0.5) is 5.69 Å². The number of ether oxygens (including phenoxy) is 1. The number of para-hydroxylation sites is 1. The molecule has 2 aromatic carbocycles. The maximum atomic E-state index is 12.3. The first-order valence-corrected chi connectivity index (χ1v) is 8.01. The van der Waals surface area contributed by atoms with Gasteiger partial charge >= 0.3 is 0 Å². The molecule has 2 aromatic rings. The van der Waals surface area contributed by atoms with E-state index in [0.29, 0.717) is 11.4 Å². The van der Waals surface area contributed by atoms with E-state index in [2.05, 4.69) is 4.72 Å². The van der Waals surface area contributed by atoms with Gasteiger partial charge in [0.25, 0.3) is 0 Å². The minimum Gasteiger partial charge on any atom is -0.456 e. The van der Waals surface area contributed by atoms with Crippen molar-refractivity contribution < 1.29 is 13.2 Å². The number of benzene rings is 2. The second kappa shape index (κ2) is 6.15. The Balaban J connectivity index is 2.38. The van der Waals surface area contributed by atoms with E-state index in [4.69, 9.17) is 10.5 Å². The molecule has 0 saturated carbocycles. The summed E-state index contributed by atoms with van der Waals surface area (Å²) in [6.07, 6.45) is 0. The van der Waals surface area contributed by atoms with Gasteiger partial charge in [-0.25, -0.2) is 13.1 Å². The fourth-order valence-corrected chi connectivity index (χ4v) is 3.22. The van der Waals surface area contributed by atoms with E-state index in [1.807, 2.05) is 0 Å². The summed E-state index contributed by atoms with van der Waals surface area (Å²) in [4.78, 5) is 0.0983. The number of nitrogens with one attached hydrogen (secondary N) is 1. The zero-order valence-corrected chi connectivity index (χ0v) is 12.7. The summed E-state index contributed by atoms with van der Waals surface area (Å²) in [5.41, 5.74) is 6.24. The average Bonchev–Trinajstić information content (AvgIpc) is 2.37. The van der Waals surface area contributed by atoms with Gasteiger partial charge in [-0.05, 0) is 38.1 Å². The Morgan fingerprint density at radius 2 is 1.81 bits per heavy atom. The molecule has 0 heterocycles. The molecule has 21 heavy (non-hydrogen) atoms. The third-order valence-corrected chi connectivity index (χ3v) is 4.31. The van der Waals surface area contributed by atoms with Gasteiger partial charge in [0.15, 0.2) is 0 Å². The number of nitrogen functional groups attached to an aromatic ring is 1. The molecule has 0 aromatic heterocycles. The van der Waals surface area contributed by atoms with Gasteiger partial charge in [-0.2, -0.15) is 0 Å². The lowest BCUT2D eigenvalue weighted by Crippen LogP contribution is -2.30. The molecule has 0 radical (unpaired) electrons. The molecule has 3 N–H and O–H groups in total. The van der Waals surface area contributed by atoms with Crippen molar-refractivity contribution in [2.45, 2.75) is 24.8 Å². The summed E-state index contributed by atoms with van der Waals surface area (Å²) < 4.78 is 32.8. The quantitative estimate of drug-likeness (QED) is 0.832. The van der Waals surface area contributed by atoms with E-state index in [9.17, 15) is 8.42 Å². The van der Waals surface area contributed by atoms with E-state index in [1.165, 1.54) is 6.07 Å². The average molecular weight is 306 g/mol. The van der Waals surface area contributed by atoms with Crippen LogP contribution in [0.5, 0.6) is 11.5 Å². The van der Waals surface area contributed by atoms with Crippen LogP contribution in [0, 0.1) is 0 Å². The summed E-state index contributed by atoms with van der Waals surface area (Å²) in [7, 11) is -3.63. The smallest absolute Gasteiger partial charge is 0.244 e. The van der Waals surface area contributed by atoms with Gasteiger partial charge in [-0.3, -0.25) is 0 Å². The summed E-state index contributed by atoms with van der Waals surface area (Å²) in [6, 6.07) is 13.1. The van der Waals surface area contributed by atoms with Crippen LogP contribution in [0.1, 0.15) is 13.8 Å². The summed E-state index contributed by atoms with van der Waals surface area (Å²) in [5.74, 6) is 0.749. The highest BCUT2D eigenvalue weighted by atomic mass is 32.2. The first kappa shape index (κ1) is 15.3. The van der Waals surface area contributed by atoms with Crippen LogP contribution in [-0.4, -0.2) is 14.5 Å². The maximum absolute atomic E-state index is 12.3. The van der Waals surface area contributed by atoms with Gasteiger partial charge < -0.3 is 10.5 Å². The largest absolute Gasteiger partial charge is 0.456 e. The van der Waals surface area contributed by atoms with Crippen molar-refractivity contribution in [3.63, 3.8) is 0 Å². The lowest BCUT2D eigenvalue weighted by Gasteiger charge is -2.14. The maximum Gasteiger partial charge on any atom is 0.244 e. The number of rotatable bonds is 5. The van der Waals surface area contributed by atoms with Gasteiger partial charge in [-0.15, -0.1) is 0 Å². The Kier molecular flexibility index (Phi) is 4.50. The second-order valence-corrected chi connectivity index (χ2v) is 6.58. The van der Waals surface area contributed by atoms with Crippen LogP contribution in [-0.2, 0) is 10.0 Å². The first-order chi connectivity index (χ1) is 9.88. The van der Waals surface area contributed by atoms with Gasteiger partial charge in [-0.1, -0.05) is 18.2 Å². The minimum absolute atomic E-state index is 0.0983. The molecule has 2 rings (SSSR count). The molecule has 0 unspecified atom stereocenters. The highest BCUT2D eigenvalue weighted by Gasteiger charge is 2.20. The topological polar surface area (TPSA) is 81.4 Å². The number of anilines is 1. The normalized spacial score (nSPS) is 11.6. The fraction of sp³-hybridized carbons (Fsp3) is 0.200. The molecule has 112 valence electrons. The summed E-state index contributed by atoms with van der Waals surface area (Å²) in [5, 5.41) is 0. The zero-order valence-electron chi connectivity index (χ0n) is 11.9. The summed E-state index contributed by atoms with van der Waals surface area (Å²) in [6.45, 7) is 3.53. The first-order valence-electron chi connectivity index (χ1n) is 6.53. The monoisotopic (exact) mass is 306 g/mol. The van der Waals surface area contributed by atoms with Gasteiger partial charge in [0.2, 0.25) is 10.0 Å². The van der Waals surface area contributed by atoms with Crippen LogP contribution in [0.25, 0.3) is 0 Å². The van der Waals surface area contributed by atoms with Gasteiger partial charge in [0.05, 0.1) is 0 Å². The Labute approximate surface area is 124 Å². The molecule has 0 spiro atoms. The van der Waals surface area contributed by atoms with Crippen molar-refractivity contribution in [1.82, 2.24) is 4.72 Å². The standard InChI is InChI=1S/C15H18N2O3S/c1-11(2)17-21(18,19)15-9-4-3-8-14(15)20-13-7-5-6-12(16)10-13/h3-11,17H,16H2,1-2H3. The number of sulfonamides is 1. The summed E-state index contributed by atoms with van der Waals surface area (Å²) >= 11 is 0. The van der Waals surface area contributed by atoms with Crippen molar-refractivity contribution in [2.75, 3.05) is 5.73 Å². The minimum atomic E-state index is -3.63. The highest BCUT2D eigenvalue weighted by molar-refractivity contribution is 7.89. The molecule has 0 bridgehead atoms. The Morgan fingerprint density at radius 3 is 2.48 bits per heavy atom. The lowest BCUT2D eigenvalue weighted by atomic mass is 10.3. The second-order valence-electron chi connectivity index (χ2n) is 4.90. The molecular weight excluding hydrogens is 288 g/mol. The molecule has 0 aliphatic carbocycles. The van der Waals surface area contributed by atoms with Crippen LogP contribution in [0.15, 0.2) is 53.4 Å². The molecule has 0 amide bonds. The molecule has 0 aliphatic rings. The fourth-order valence-electron chi connectivity index (χ4n) is 1.84. The number of hydrogen-bond donors (Lipinski definition) is 2. The molecule has 0 aliphatic heterocycles. The molecule has 6 heteroatoms. The Morgan fingerprint density at radius 1 is 1.10 bits per heavy atom. The predicted octanol–water partition coefficient (Wildman–Crippen LogP) is 2.75. The van der Waals surface area contributed by atoms with Crippen molar-refractivity contribution >= 4 is 15.7 Å². The van der Waals surface area contributed by atoms with Crippen LogP contribution >= 0.6 is 0 Å². The molecule has 0 atom stereocenters. The lowest BCUT2D eigenvalue weighted by molar-refractivity contribution is 0.466. The van der Waals surface area contributed by atoms with Crippen molar-refractivity contribution in [1.29, 1.82) is 0 Å². The van der Waals surface area contributed by atoms with Gasteiger partial charge in [0, 0.05) is 17.8 Å². The van der Waals surface area contributed by atoms with E-state index in [-0.39, 0.29) is 16.7 Å². The van der Waals surface area contributed by atoms with Gasteiger partial charge in [0.1, 0.15) is 16.4 Å². The number of hydrogen-bond acceptors (Lipinski definition) is 4. The van der Waals surface area contributed by atoms with Crippen molar-refractivity contribution in [3.05, 3.63) is 48.5 Å². The highest BCUT2D eigenvalue weighted by Crippen LogP contribution is 2.29. The van der Waals surface area contributed by atoms with E-state index >= 15 is 0 Å². The zero-order chi connectivity index (χ0) is 15.5. The van der Waals surface area contributed by atoms with Crippen molar-refractivity contribution in [2.24, 2.45) is 0 Å². The van der Waals surface area contributed by atoms with E-state index < -0.39 is 10.0 Å². The van der Waals surface area contributed by atoms with E-state index in [1.54, 1.807) is 56.3 Å². The Hall–Kier alpha value is -2.05. The van der Waals surface area contributed by atoms with Crippen LogP contribution < -0.4 is 15.2 Å². The molecule has 0 fully saturated rings. The van der Waals surface area contributed by atoms with Crippen molar-refractivity contribution in [3.8, 4) is 11.5 Å². The Bertz CT molecular complexity index is 727. The third-order valence-electron chi connectivity index (χ3n) is 2.62. The molecular formula is C15H18N2O3S. The van der Waals surface area contributed by atoms with Crippen LogP contribution in [0.2, 0.25) is 0 Å².